The van der Waals surface area contributed by atoms with E-state index in [1.807, 2.05) is 19.1 Å². The molecular weight excluding hydrogens is 328 g/mol. The predicted molar refractivity (Wildman–Crippen MR) is 87.9 cm³/mol. The van der Waals surface area contributed by atoms with Crippen LogP contribution >= 0.6 is 11.6 Å². The van der Waals surface area contributed by atoms with Crippen molar-refractivity contribution in [1.82, 2.24) is 0 Å². The molecule has 0 bridgehead atoms. The number of rotatable bonds is 4. The second-order valence-electron chi connectivity index (χ2n) is 5.98. The number of methoxy groups -OCH3 is 2. The molecule has 0 aromatic heterocycles. The van der Waals surface area contributed by atoms with Crippen LogP contribution < -0.4 is 5.73 Å². The van der Waals surface area contributed by atoms with Gasteiger partial charge in [-0.25, -0.2) is 4.99 Å². The summed E-state index contributed by atoms with van der Waals surface area (Å²) < 4.78 is 11.0. The van der Waals surface area contributed by atoms with Crippen molar-refractivity contribution in [3.8, 4) is 12.1 Å². The van der Waals surface area contributed by atoms with E-state index in [1.54, 1.807) is 12.1 Å². The Balaban J connectivity index is 2.38. The maximum atomic E-state index is 10.1. The maximum absolute atomic E-state index is 10.1. The third-order valence-corrected chi connectivity index (χ3v) is 5.91. The first-order valence-electron chi connectivity index (χ1n) is 7.48. The van der Waals surface area contributed by atoms with Crippen LogP contribution in [-0.2, 0) is 14.9 Å². The van der Waals surface area contributed by atoms with Gasteiger partial charge < -0.3 is 15.2 Å². The Kier molecular flexibility index (Phi) is 3.44. The zero-order valence-corrected chi connectivity index (χ0v) is 14.4. The highest BCUT2D eigenvalue weighted by molar-refractivity contribution is 6.30. The summed E-state index contributed by atoms with van der Waals surface area (Å²) in [7, 11) is 2.79. The van der Waals surface area contributed by atoms with Crippen molar-refractivity contribution in [2.75, 3.05) is 14.2 Å². The standard InChI is InChI=1S/C17H17ClN4O2/c1-4-14(11-5-7-12(18)8-6-11)15(9-19)13(21)22-17(23-2,24-3)16(14,15)10-20/h5-8H,4H2,1-3H3,(H2,21,22)/t14-,15-,16+/m0/s1. The zero-order valence-electron chi connectivity index (χ0n) is 13.6. The lowest BCUT2D eigenvalue weighted by Crippen LogP contribution is -2.45. The van der Waals surface area contributed by atoms with Gasteiger partial charge in [0.05, 0.1) is 17.6 Å². The summed E-state index contributed by atoms with van der Waals surface area (Å²) in [5.41, 5.74) is 3.36. The molecule has 1 saturated carbocycles. The van der Waals surface area contributed by atoms with Gasteiger partial charge in [-0.3, -0.25) is 0 Å². The molecule has 1 aliphatic carbocycles. The molecule has 7 heteroatoms. The first kappa shape index (κ1) is 16.7. The van der Waals surface area contributed by atoms with Gasteiger partial charge in [-0.15, -0.1) is 0 Å². The Morgan fingerprint density at radius 1 is 1.17 bits per heavy atom. The zero-order chi connectivity index (χ0) is 17.8. The van der Waals surface area contributed by atoms with Crippen LogP contribution in [-0.4, -0.2) is 26.0 Å². The van der Waals surface area contributed by atoms with E-state index >= 15 is 0 Å². The molecule has 1 fully saturated rings. The molecule has 0 radical (unpaired) electrons. The monoisotopic (exact) mass is 344 g/mol. The smallest absolute Gasteiger partial charge is 0.293 e. The number of hydrogen-bond donors (Lipinski definition) is 1. The SMILES string of the molecule is CC[C@]1(c2ccc(Cl)cc2)[C@]2(C#N)C(N)=NC(OC)(OC)[C@@]21C#N. The number of nitriles is 2. The fourth-order valence-corrected chi connectivity index (χ4v) is 4.87. The fraction of sp³-hybridized carbons (Fsp3) is 0.471. The molecule has 3 atom stereocenters. The summed E-state index contributed by atoms with van der Waals surface area (Å²) in [6.07, 6.45) is 0.487. The van der Waals surface area contributed by atoms with Crippen LogP contribution in [0.4, 0.5) is 0 Å². The van der Waals surface area contributed by atoms with Gasteiger partial charge in [0.2, 0.25) is 0 Å². The minimum Gasteiger partial charge on any atom is -0.386 e. The molecule has 124 valence electrons. The van der Waals surface area contributed by atoms with Gasteiger partial charge in [-0.2, -0.15) is 10.5 Å². The summed E-state index contributed by atoms with van der Waals surface area (Å²) >= 11 is 5.99. The highest BCUT2D eigenvalue weighted by atomic mass is 35.5. The van der Waals surface area contributed by atoms with E-state index in [0.717, 1.165) is 5.56 Å². The minimum atomic E-state index is -1.63. The van der Waals surface area contributed by atoms with Crippen molar-refractivity contribution in [3.63, 3.8) is 0 Å². The second kappa shape index (κ2) is 4.94. The molecule has 24 heavy (non-hydrogen) atoms. The second-order valence-corrected chi connectivity index (χ2v) is 6.41. The average Bonchev–Trinajstić information content (AvgIpc) is 3.10. The summed E-state index contributed by atoms with van der Waals surface area (Å²) in [5.74, 6) is -1.57. The molecule has 6 nitrogen and oxygen atoms in total. The van der Waals surface area contributed by atoms with Crippen LogP contribution in [0.15, 0.2) is 29.3 Å². The molecule has 3 rings (SSSR count). The molecule has 1 aliphatic heterocycles. The Bertz CT molecular complexity index is 805. The Labute approximate surface area is 145 Å². The topological polar surface area (TPSA) is 104 Å². The van der Waals surface area contributed by atoms with Crippen molar-refractivity contribution < 1.29 is 9.47 Å². The largest absolute Gasteiger partial charge is 0.386 e. The number of halogens is 1. The highest BCUT2D eigenvalue weighted by Crippen LogP contribution is 2.86. The van der Waals surface area contributed by atoms with E-state index < -0.39 is 22.2 Å². The quantitative estimate of drug-likeness (QED) is 0.844. The summed E-state index contributed by atoms with van der Waals surface area (Å²) in [6.45, 7) is 1.91. The van der Waals surface area contributed by atoms with E-state index in [2.05, 4.69) is 17.1 Å². The molecule has 1 heterocycles. The lowest BCUT2D eigenvalue weighted by Gasteiger charge is -2.33. The molecule has 0 amide bonds. The van der Waals surface area contributed by atoms with Crippen LogP contribution in [0.5, 0.6) is 0 Å². The number of fused-ring (bicyclic) bond motifs is 1. The molecule has 0 unspecified atom stereocenters. The summed E-state index contributed by atoms with van der Waals surface area (Å²) in [5, 5.41) is 20.8. The van der Waals surface area contributed by atoms with Crippen LogP contribution in [0.1, 0.15) is 18.9 Å². The van der Waals surface area contributed by atoms with E-state index in [4.69, 9.17) is 26.8 Å². The number of nitrogens with two attached hydrogens (primary N) is 1. The van der Waals surface area contributed by atoms with Crippen LogP contribution in [0.2, 0.25) is 5.02 Å². The summed E-state index contributed by atoms with van der Waals surface area (Å²) in [4.78, 5) is 4.24. The molecule has 0 saturated heterocycles. The Morgan fingerprint density at radius 2 is 1.75 bits per heavy atom. The van der Waals surface area contributed by atoms with Crippen LogP contribution in [0, 0.1) is 33.5 Å². The van der Waals surface area contributed by atoms with Crippen molar-refractivity contribution >= 4 is 17.4 Å². The van der Waals surface area contributed by atoms with E-state index in [-0.39, 0.29) is 5.84 Å². The maximum Gasteiger partial charge on any atom is 0.293 e. The first-order chi connectivity index (χ1) is 11.4. The highest BCUT2D eigenvalue weighted by Gasteiger charge is 3.00. The first-order valence-corrected chi connectivity index (χ1v) is 7.86. The van der Waals surface area contributed by atoms with Crippen molar-refractivity contribution in [2.24, 2.45) is 21.6 Å². The van der Waals surface area contributed by atoms with Gasteiger partial charge in [0.1, 0.15) is 5.84 Å². The number of ether oxygens (including phenoxy) is 2. The van der Waals surface area contributed by atoms with Gasteiger partial charge >= 0.3 is 0 Å². The van der Waals surface area contributed by atoms with Crippen LogP contribution in [0.3, 0.4) is 0 Å². The van der Waals surface area contributed by atoms with Crippen molar-refractivity contribution in [1.29, 1.82) is 10.5 Å². The number of amidine groups is 1. The van der Waals surface area contributed by atoms with Gasteiger partial charge in [-0.1, -0.05) is 30.7 Å². The number of benzene rings is 1. The number of aliphatic imine (C=N–C) groups is 1. The summed E-state index contributed by atoms with van der Waals surface area (Å²) in [6, 6.07) is 11.6. The number of nitrogens with zero attached hydrogens (tertiary/aromatic N) is 3. The molecule has 2 N–H and O–H groups in total. The third-order valence-electron chi connectivity index (χ3n) is 5.66. The van der Waals surface area contributed by atoms with Gasteiger partial charge in [0.15, 0.2) is 10.8 Å². The predicted octanol–water partition coefficient (Wildman–Crippen LogP) is 2.34. The molecule has 1 aromatic rings. The lowest BCUT2D eigenvalue weighted by molar-refractivity contribution is -0.234. The Morgan fingerprint density at radius 3 is 2.17 bits per heavy atom. The normalized spacial score (nSPS) is 35.5. The van der Waals surface area contributed by atoms with Gasteiger partial charge in [0, 0.05) is 19.2 Å². The minimum absolute atomic E-state index is 0.0621. The molecular formula is C17H17ClN4O2. The molecule has 0 spiro atoms. The van der Waals surface area contributed by atoms with Crippen LogP contribution in [0.25, 0.3) is 0 Å². The lowest BCUT2D eigenvalue weighted by atomic mass is 9.80. The third kappa shape index (κ3) is 1.30. The average molecular weight is 345 g/mol. The van der Waals surface area contributed by atoms with Crippen molar-refractivity contribution in [3.05, 3.63) is 34.9 Å². The molecule has 1 aromatic carbocycles. The van der Waals surface area contributed by atoms with E-state index in [0.29, 0.717) is 11.4 Å². The van der Waals surface area contributed by atoms with Gasteiger partial charge in [-0.05, 0) is 24.1 Å². The molecule has 2 aliphatic rings. The van der Waals surface area contributed by atoms with Crippen molar-refractivity contribution in [2.45, 2.75) is 24.7 Å². The number of hydrogen-bond acceptors (Lipinski definition) is 6. The van der Waals surface area contributed by atoms with E-state index in [9.17, 15) is 10.5 Å². The Hall–Kier alpha value is -2.12. The van der Waals surface area contributed by atoms with E-state index in [1.165, 1.54) is 14.2 Å². The fourth-order valence-electron chi connectivity index (χ4n) is 4.74. The van der Waals surface area contributed by atoms with Gasteiger partial charge in [0.25, 0.3) is 5.91 Å².